The van der Waals surface area contributed by atoms with Crippen molar-refractivity contribution in [2.24, 2.45) is 0 Å². The molecule has 1 aliphatic rings. The van der Waals surface area contributed by atoms with E-state index < -0.39 is 35.6 Å². The molecule has 120 valence electrons. The van der Waals surface area contributed by atoms with Crippen LogP contribution >= 0.6 is 0 Å². The highest BCUT2D eigenvalue weighted by atomic mass is 19.1. The van der Waals surface area contributed by atoms with Crippen molar-refractivity contribution >= 4 is 5.91 Å². The number of benzene rings is 1. The van der Waals surface area contributed by atoms with Crippen LogP contribution in [0.25, 0.3) is 0 Å². The fourth-order valence-electron chi connectivity index (χ4n) is 2.80. The van der Waals surface area contributed by atoms with Crippen molar-refractivity contribution in [1.82, 2.24) is 9.88 Å². The van der Waals surface area contributed by atoms with Crippen LogP contribution in [-0.4, -0.2) is 33.5 Å². The van der Waals surface area contributed by atoms with Gasteiger partial charge in [0.05, 0.1) is 12.1 Å². The summed E-state index contributed by atoms with van der Waals surface area (Å²) in [6.07, 6.45) is 0.366. The summed E-state index contributed by atoms with van der Waals surface area (Å²) in [6.45, 7) is -0.0383. The maximum atomic E-state index is 14.0. The molecule has 0 bridgehead atoms. The summed E-state index contributed by atoms with van der Waals surface area (Å²) in [5, 5.41) is 9.85. The summed E-state index contributed by atoms with van der Waals surface area (Å²) in [5.41, 5.74) is 0.0258. The zero-order valence-electron chi connectivity index (χ0n) is 11.9. The van der Waals surface area contributed by atoms with Crippen molar-refractivity contribution in [1.29, 1.82) is 0 Å². The van der Waals surface area contributed by atoms with Gasteiger partial charge in [-0.25, -0.2) is 13.8 Å². The summed E-state index contributed by atoms with van der Waals surface area (Å²) in [6, 6.07) is 4.44. The number of hydrogen-bond donors (Lipinski definition) is 1. The van der Waals surface area contributed by atoms with Crippen LogP contribution < -0.4 is 0 Å². The Hall–Kier alpha value is -2.41. The van der Waals surface area contributed by atoms with Crippen molar-refractivity contribution < 1.29 is 23.1 Å². The molecule has 1 aromatic carbocycles. The highest BCUT2D eigenvalue weighted by Crippen LogP contribution is 2.35. The number of halogens is 3. The first-order valence-corrected chi connectivity index (χ1v) is 7.01. The lowest BCUT2D eigenvalue weighted by Crippen LogP contribution is -2.32. The standard InChI is InChI=1S/C16H13F3N2O2/c17-10-1-2-13(18)12(6-10)14-7-11(22)8-21(14)16(23)9-3-4-20-15(19)5-9/h1-6,11,14,22H,7-8H2. The second kappa shape index (κ2) is 6.00. The molecule has 0 spiro atoms. The zero-order chi connectivity index (χ0) is 16.6. The molecule has 2 unspecified atom stereocenters. The minimum absolute atomic E-state index is 0.00979. The lowest BCUT2D eigenvalue weighted by atomic mass is 10.0. The second-order valence-corrected chi connectivity index (χ2v) is 5.40. The molecule has 0 radical (unpaired) electrons. The Balaban J connectivity index is 1.97. The topological polar surface area (TPSA) is 53.4 Å². The number of aliphatic hydroxyl groups is 1. The quantitative estimate of drug-likeness (QED) is 0.864. The van der Waals surface area contributed by atoms with Crippen LogP contribution in [0.3, 0.4) is 0 Å². The van der Waals surface area contributed by atoms with Crippen LogP contribution in [0, 0.1) is 17.6 Å². The number of pyridine rings is 1. The summed E-state index contributed by atoms with van der Waals surface area (Å²) in [4.78, 5) is 17.1. The second-order valence-electron chi connectivity index (χ2n) is 5.40. The van der Waals surface area contributed by atoms with Crippen molar-refractivity contribution in [3.05, 3.63) is 65.2 Å². The van der Waals surface area contributed by atoms with E-state index in [1.807, 2.05) is 0 Å². The lowest BCUT2D eigenvalue weighted by molar-refractivity contribution is 0.0713. The van der Waals surface area contributed by atoms with Crippen molar-refractivity contribution in [3.63, 3.8) is 0 Å². The first kappa shape index (κ1) is 15.5. The van der Waals surface area contributed by atoms with Gasteiger partial charge in [-0.2, -0.15) is 4.39 Å². The van der Waals surface area contributed by atoms with E-state index in [0.717, 1.165) is 30.5 Å². The van der Waals surface area contributed by atoms with Crippen LogP contribution in [0.2, 0.25) is 0 Å². The maximum Gasteiger partial charge on any atom is 0.254 e. The summed E-state index contributed by atoms with van der Waals surface area (Å²) in [7, 11) is 0. The van der Waals surface area contributed by atoms with Gasteiger partial charge in [0.1, 0.15) is 11.6 Å². The van der Waals surface area contributed by atoms with E-state index in [0.29, 0.717) is 0 Å². The molecule has 1 N–H and O–H groups in total. The first-order chi connectivity index (χ1) is 11.0. The third kappa shape index (κ3) is 3.05. The Morgan fingerprint density at radius 2 is 2.00 bits per heavy atom. The molecule has 4 nitrogen and oxygen atoms in total. The number of likely N-dealkylation sites (tertiary alicyclic amines) is 1. The molecule has 1 aliphatic heterocycles. The molecule has 1 fully saturated rings. The Morgan fingerprint density at radius 3 is 2.74 bits per heavy atom. The van der Waals surface area contributed by atoms with Crippen LogP contribution in [-0.2, 0) is 0 Å². The first-order valence-electron chi connectivity index (χ1n) is 7.01. The van der Waals surface area contributed by atoms with Gasteiger partial charge >= 0.3 is 0 Å². The van der Waals surface area contributed by atoms with Crippen molar-refractivity contribution in [3.8, 4) is 0 Å². The van der Waals surface area contributed by atoms with Gasteiger partial charge in [-0.3, -0.25) is 4.79 Å². The Labute approximate surface area is 130 Å². The van der Waals surface area contributed by atoms with Gasteiger partial charge < -0.3 is 10.0 Å². The predicted octanol–water partition coefficient (Wildman–Crippen LogP) is 2.45. The van der Waals surface area contributed by atoms with Crippen LogP contribution in [0.4, 0.5) is 13.2 Å². The van der Waals surface area contributed by atoms with E-state index in [-0.39, 0.29) is 24.1 Å². The molecule has 3 rings (SSSR count). The van der Waals surface area contributed by atoms with Gasteiger partial charge in [-0.05, 0) is 30.7 Å². The lowest BCUT2D eigenvalue weighted by Gasteiger charge is -2.25. The summed E-state index contributed by atoms with van der Waals surface area (Å²) in [5.74, 6) is -2.69. The highest BCUT2D eigenvalue weighted by molar-refractivity contribution is 5.94. The van der Waals surface area contributed by atoms with Crippen molar-refractivity contribution in [2.75, 3.05) is 6.54 Å². The number of nitrogens with zero attached hydrogens (tertiary/aromatic N) is 2. The molecule has 1 saturated heterocycles. The van der Waals surface area contributed by atoms with Gasteiger partial charge in [0, 0.05) is 29.9 Å². The van der Waals surface area contributed by atoms with Gasteiger partial charge in [0.15, 0.2) is 0 Å². The Kier molecular flexibility index (Phi) is 4.04. The molecular weight excluding hydrogens is 309 g/mol. The molecule has 7 heteroatoms. The van der Waals surface area contributed by atoms with Crippen LogP contribution in [0.1, 0.15) is 28.4 Å². The fraction of sp³-hybridized carbons (Fsp3) is 0.250. The predicted molar refractivity (Wildman–Crippen MR) is 75.0 cm³/mol. The molecule has 1 amide bonds. The average Bonchev–Trinajstić information content (AvgIpc) is 2.90. The van der Waals surface area contributed by atoms with E-state index in [9.17, 15) is 23.1 Å². The molecule has 2 atom stereocenters. The number of aliphatic hydroxyl groups excluding tert-OH is 1. The van der Waals surface area contributed by atoms with Gasteiger partial charge in [-0.15, -0.1) is 0 Å². The molecular formula is C16H13F3N2O2. The highest BCUT2D eigenvalue weighted by Gasteiger charge is 2.37. The minimum atomic E-state index is -0.863. The number of β-amino-alcohol motifs (C(OH)–C–C–N with tert-alkyl or cyclic N) is 1. The van der Waals surface area contributed by atoms with Gasteiger partial charge in [0.25, 0.3) is 5.91 Å². The average molecular weight is 322 g/mol. The van der Waals surface area contributed by atoms with Crippen LogP contribution in [0.15, 0.2) is 36.5 Å². The monoisotopic (exact) mass is 322 g/mol. The zero-order valence-corrected chi connectivity index (χ0v) is 11.9. The number of aromatic nitrogens is 1. The fourth-order valence-corrected chi connectivity index (χ4v) is 2.80. The smallest absolute Gasteiger partial charge is 0.254 e. The normalized spacial score (nSPS) is 20.8. The molecule has 2 heterocycles. The Bertz CT molecular complexity index is 754. The van der Waals surface area contributed by atoms with Crippen molar-refractivity contribution in [2.45, 2.75) is 18.6 Å². The van der Waals surface area contributed by atoms with E-state index in [1.165, 1.54) is 11.0 Å². The number of amides is 1. The number of carbonyl (C=O) groups excluding carboxylic acids is 1. The molecule has 23 heavy (non-hydrogen) atoms. The van der Waals surface area contributed by atoms with Gasteiger partial charge in [-0.1, -0.05) is 0 Å². The number of rotatable bonds is 2. The van der Waals surface area contributed by atoms with Gasteiger partial charge in [0.2, 0.25) is 5.95 Å². The third-order valence-corrected chi connectivity index (χ3v) is 3.83. The molecule has 0 saturated carbocycles. The molecule has 1 aromatic heterocycles. The van der Waals surface area contributed by atoms with E-state index in [2.05, 4.69) is 4.98 Å². The number of hydrogen-bond acceptors (Lipinski definition) is 3. The maximum absolute atomic E-state index is 14.0. The summed E-state index contributed by atoms with van der Waals surface area (Å²) < 4.78 is 40.6. The SMILES string of the molecule is O=C(c1ccnc(F)c1)N1CC(O)CC1c1cc(F)ccc1F. The number of carbonyl (C=O) groups is 1. The molecule has 0 aliphatic carbocycles. The summed E-state index contributed by atoms with van der Waals surface area (Å²) >= 11 is 0. The van der Waals surface area contributed by atoms with E-state index >= 15 is 0 Å². The van der Waals surface area contributed by atoms with E-state index in [1.54, 1.807) is 0 Å². The van der Waals surface area contributed by atoms with Crippen LogP contribution in [0.5, 0.6) is 0 Å². The Morgan fingerprint density at radius 1 is 1.22 bits per heavy atom. The third-order valence-electron chi connectivity index (χ3n) is 3.83. The van der Waals surface area contributed by atoms with E-state index in [4.69, 9.17) is 0 Å². The molecule has 2 aromatic rings. The largest absolute Gasteiger partial charge is 0.391 e. The minimum Gasteiger partial charge on any atom is -0.391 e.